The largest absolute Gasteiger partial charge is 0.573 e. The topological polar surface area (TPSA) is 85.0 Å². The van der Waals surface area contributed by atoms with Crippen LogP contribution in [0.15, 0.2) is 83.0 Å². The summed E-state index contributed by atoms with van der Waals surface area (Å²) in [6, 6.07) is 19.1. The van der Waals surface area contributed by atoms with Gasteiger partial charge in [-0.25, -0.2) is 19.5 Å². The van der Waals surface area contributed by atoms with Crippen molar-refractivity contribution >= 4 is 34.9 Å². The van der Waals surface area contributed by atoms with Crippen LogP contribution in [0.3, 0.4) is 0 Å². The SMILES string of the molecule is CCCc1ccc(C)cc1N1C(=NC(=O)N=CC(C)c2ccc(-c3ncn(-c4ccc(OC(F)(F)F)cc4)n3)cc2)SCCC1C. The number of aromatic nitrogens is 3. The fourth-order valence-corrected chi connectivity index (χ4v) is 6.34. The average molecular weight is 649 g/mol. The number of amides is 2. The van der Waals surface area contributed by atoms with Gasteiger partial charge in [0.1, 0.15) is 12.1 Å². The molecule has 2 heterocycles. The lowest BCUT2D eigenvalue weighted by molar-refractivity contribution is -0.274. The molecule has 4 aromatic rings. The van der Waals surface area contributed by atoms with Crippen molar-refractivity contribution in [2.24, 2.45) is 9.98 Å². The molecule has 1 aliphatic heterocycles. The molecule has 1 aromatic heterocycles. The first kappa shape index (κ1) is 32.9. The van der Waals surface area contributed by atoms with E-state index in [2.05, 4.69) is 68.7 Å². The van der Waals surface area contributed by atoms with Crippen LogP contribution in [-0.2, 0) is 6.42 Å². The van der Waals surface area contributed by atoms with Gasteiger partial charge >= 0.3 is 12.4 Å². The highest BCUT2D eigenvalue weighted by atomic mass is 32.2. The number of hydrogen-bond acceptors (Lipinski definition) is 5. The lowest BCUT2D eigenvalue weighted by atomic mass is 10.0. The quantitative estimate of drug-likeness (QED) is 0.178. The summed E-state index contributed by atoms with van der Waals surface area (Å²) in [7, 11) is 0. The van der Waals surface area contributed by atoms with Gasteiger partial charge in [-0.05, 0) is 73.7 Å². The third-order valence-corrected chi connectivity index (χ3v) is 8.54. The highest BCUT2D eigenvalue weighted by molar-refractivity contribution is 8.14. The first-order chi connectivity index (χ1) is 22.0. The second-order valence-corrected chi connectivity index (χ2v) is 12.2. The van der Waals surface area contributed by atoms with E-state index in [0.29, 0.717) is 16.7 Å². The predicted octanol–water partition coefficient (Wildman–Crippen LogP) is 8.78. The minimum absolute atomic E-state index is 0.150. The van der Waals surface area contributed by atoms with Crippen LogP contribution in [0.1, 0.15) is 56.2 Å². The molecule has 0 bridgehead atoms. The fourth-order valence-electron chi connectivity index (χ4n) is 5.14. The van der Waals surface area contributed by atoms with Crippen LogP contribution in [0.5, 0.6) is 5.75 Å². The maximum absolute atomic E-state index is 12.9. The Morgan fingerprint density at radius 1 is 1.13 bits per heavy atom. The van der Waals surface area contributed by atoms with E-state index in [0.717, 1.165) is 41.8 Å². The zero-order valence-corrected chi connectivity index (χ0v) is 26.8. The number of amidine groups is 1. The Morgan fingerprint density at radius 3 is 2.57 bits per heavy atom. The normalized spacial score (nSPS) is 17.1. The molecule has 0 aliphatic carbocycles. The molecule has 12 heteroatoms. The predicted molar refractivity (Wildman–Crippen MR) is 177 cm³/mol. The van der Waals surface area contributed by atoms with Crippen LogP contribution >= 0.6 is 11.8 Å². The Bertz CT molecular complexity index is 1720. The average Bonchev–Trinajstić information content (AvgIpc) is 3.51. The van der Waals surface area contributed by atoms with Crippen LogP contribution in [0, 0.1) is 6.92 Å². The minimum atomic E-state index is -4.75. The van der Waals surface area contributed by atoms with Crippen molar-refractivity contribution in [1.82, 2.24) is 14.8 Å². The van der Waals surface area contributed by atoms with E-state index < -0.39 is 12.4 Å². The molecule has 46 heavy (non-hydrogen) atoms. The lowest BCUT2D eigenvalue weighted by Gasteiger charge is -2.37. The highest BCUT2D eigenvalue weighted by Gasteiger charge is 2.31. The second kappa shape index (κ2) is 14.3. The number of carbonyl (C=O) groups is 1. The van der Waals surface area contributed by atoms with Gasteiger partial charge in [0.05, 0.1) is 5.69 Å². The van der Waals surface area contributed by atoms with Gasteiger partial charge in [0, 0.05) is 35.2 Å². The maximum Gasteiger partial charge on any atom is 0.573 e. The number of carbonyl (C=O) groups excluding carboxylic acids is 1. The van der Waals surface area contributed by atoms with E-state index >= 15 is 0 Å². The monoisotopic (exact) mass is 648 g/mol. The first-order valence-electron chi connectivity index (χ1n) is 15.1. The number of aryl methyl sites for hydroxylation is 2. The Morgan fingerprint density at radius 2 is 1.87 bits per heavy atom. The Kier molecular flexibility index (Phi) is 10.3. The molecule has 3 aromatic carbocycles. The third-order valence-electron chi connectivity index (χ3n) is 7.55. The zero-order valence-electron chi connectivity index (χ0n) is 26.0. The van der Waals surface area contributed by atoms with Gasteiger partial charge in [0.2, 0.25) is 0 Å². The number of aliphatic imine (C=N–C) groups is 2. The van der Waals surface area contributed by atoms with Gasteiger partial charge < -0.3 is 9.64 Å². The Balaban J connectivity index is 1.25. The molecule has 0 saturated carbocycles. The Labute approximate surface area is 270 Å². The molecule has 5 rings (SSSR count). The Hall–Kier alpha value is -4.45. The summed E-state index contributed by atoms with van der Waals surface area (Å²) >= 11 is 1.58. The van der Waals surface area contributed by atoms with Crippen LogP contribution in [0.25, 0.3) is 17.1 Å². The van der Waals surface area contributed by atoms with Crippen molar-refractivity contribution < 1.29 is 22.7 Å². The molecule has 8 nitrogen and oxygen atoms in total. The van der Waals surface area contributed by atoms with Gasteiger partial charge in [0.25, 0.3) is 0 Å². The summed E-state index contributed by atoms with van der Waals surface area (Å²) in [5.74, 6) is 0.880. The first-order valence-corrected chi connectivity index (χ1v) is 16.1. The minimum Gasteiger partial charge on any atom is -0.406 e. The van der Waals surface area contributed by atoms with Crippen molar-refractivity contribution in [3.63, 3.8) is 0 Å². The number of ether oxygens (including phenoxy) is 1. The molecule has 0 spiro atoms. The lowest BCUT2D eigenvalue weighted by Crippen LogP contribution is -2.42. The van der Waals surface area contributed by atoms with Crippen molar-refractivity contribution in [3.05, 3.63) is 89.7 Å². The molecule has 2 atom stereocenters. The molecule has 0 radical (unpaired) electrons. The summed E-state index contributed by atoms with van der Waals surface area (Å²) in [6.07, 6.45) is 1.32. The number of halogens is 3. The summed E-state index contributed by atoms with van der Waals surface area (Å²) < 4.78 is 42.7. The van der Waals surface area contributed by atoms with Crippen LogP contribution in [0.4, 0.5) is 23.7 Å². The molecular weight excluding hydrogens is 613 g/mol. The zero-order chi connectivity index (χ0) is 32.8. The number of hydrogen-bond donors (Lipinski definition) is 0. The van der Waals surface area contributed by atoms with E-state index in [4.69, 9.17) is 0 Å². The van der Waals surface area contributed by atoms with Crippen molar-refractivity contribution in [3.8, 4) is 22.8 Å². The van der Waals surface area contributed by atoms with Gasteiger partial charge in [-0.2, -0.15) is 4.99 Å². The number of rotatable bonds is 8. The molecule has 1 saturated heterocycles. The number of urea groups is 1. The fraction of sp³-hybridized carbons (Fsp3) is 0.324. The second-order valence-electron chi connectivity index (χ2n) is 11.2. The van der Waals surface area contributed by atoms with Crippen molar-refractivity contribution in [2.45, 2.75) is 65.3 Å². The van der Waals surface area contributed by atoms with Gasteiger partial charge in [-0.3, -0.25) is 0 Å². The van der Waals surface area contributed by atoms with Gasteiger partial charge in [0.15, 0.2) is 11.0 Å². The third kappa shape index (κ3) is 8.22. The van der Waals surface area contributed by atoms with Crippen molar-refractivity contribution in [2.75, 3.05) is 10.7 Å². The maximum atomic E-state index is 12.9. The van der Waals surface area contributed by atoms with Gasteiger partial charge in [-0.15, -0.1) is 18.3 Å². The highest BCUT2D eigenvalue weighted by Crippen LogP contribution is 2.33. The summed E-state index contributed by atoms with van der Waals surface area (Å²) in [6.45, 7) is 8.36. The number of nitrogens with zero attached hydrogens (tertiary/aromatic N) is 6. The molecule has 1 fully saturated rings. The molecule has 1 aliphatic rings. The van der Waals surface area contributed by atoms with E-state index in [1.165, 1.54) is 46.4 Å². The number of thioether (sulfide) groups is 1. The van der Waals surface area contributed by atoms with Gasteiger partial charge in [-0.1, -0.05) is 68.4 Å². The van der Waals surface area contributed by atoms with E-state index in [-0.39, 0.29) is 17.7 Å². The number of benzene rings is 3. The van der Waals surface area contributed by atoms with Crippen molar-refractivity contribution in [1.29, 1.82) is 0 Å². The summed E-state index contributed by atoms with van der Waals surface area (Å²) in [4.78, 5) is 28.1. The van der Waals surface area contributed by atoms with E-state index in [1.807, 2.05) is 31.2 Å². The molecule has 2 unspecified atom stereocenters. The van der Waals surface area contributed by atoms with Crippen LogP contribution in [0.2, 0.25) is 0 Å². The van der Waals surface area contributed by atoms with E-state index in [9.17, 15) is 18.0 Å². The van der Waals surface area contributed by atoms with Crippen LogP contribution < -0.4 is 9.64 Å². The van der Waals surface area contributed by atoms with E-state index in [1.54, 1.807) is 18.0 Å². The number of anilines is 1. The standard InChI is InChI=1S/C34H35F3N6O2S/c1-5-6-26-8-7-22(2)19-30(26)43-24(4)17-18-46-33(43)40-32(44)38-20-23(3)25-9-11-27(12-10-25)31-39-21-42(41-31)28-13-15-29(16-14-28)45-34(35,36)37/h7-16,19-21,23-24H,5-6,17-18H2,1-4H3. The number of alkyl halides is 3. The molecule has 0 N–H and O–H groups in total. The molecule has 2 amide bonds. The van der Waals surface area contributed by atoms with Crippen LogP contribution in [-0.4, -0.2) is 50.3 Å². The summed E-state index contributed by atoms with van der Waals surface area (Å²) in [5.41, 5.74) is 5.76. The molecular formula is C34H35F3N6O2S. The molecule has 240 valence electrons. The summed E-state index contributed by atoms with van der Waals surface area (Å²) in [5, 5.41) is 5.13. The smallest absolute Gasteiger partial charge is 0.406 e.